The van der Waals surface area contributed by atoms with E-state index >= 15 is 0 Å². The first-order valence-corrected chi connectivity index (χ1v) is 8.58. The van der Waals surface area contributed by atoms with Crippen LogP contribution in [0.4, 0.5) is 0 Å². The van der Waals surface area contributed by atoms with E-state index in [0.29, 0.717) is 30.4 Å². The number of carbonyl (C=O) groups excluding carboxylic acids is 1. The topological polar surface area (TPSA) is 77.7 Å². The van der Waals surface area contributed by atoms with Gasteiger partial charge < -0.3 is 18.9 Å². The van der Waals surface area contributed by atoms with Crippen LogP contribution in [0.2, 0.25) is 0 Å². The van der Waals surface area contributed by atoms with Gasteiger partial charge in [-0.1, -0.05) is 5.16 Å². The third kappa shape index (κ3) is 4.57. The fourth-order valence-electron chi connectivity index (χ4n) is 2.89. The van der Waals surface area contributed by atoms with E-state index in [2.05, 4.69) is 10.1 Å². The lowest BCUT2D eigenvalue weighted by Gasteiger charge is -2.32. The highest BCUT2D eigenvalue weighted by molar-refractivity contribution is 5.94. The number of hydrogen-bond acceptors (Lipinski definition) is 6. The third-order valence-electron chi connectivity index (χ3n) is 4.09. The molecule has 7 heteroatoms. The van der Waals surface area contributed by atoms with Crippen LogP contribution in [0.15, 0.2) is 28.8 Å². The summed E-state index contributed by atoms with van der Waals surface area (Å²) in [5, 5.41) is 3.74. The van der Waals surface area contributed by atoms with Gasteiger partial charge in [0, 0.05) is 18.7 Å². The lowest BCUT2D eigenvalue weighted by atomic mass is 10.1. The van der Waals surface area contributed by atoms with Crippen molar-refractivity contribution >= 4 is 5.91 Å². The number of hydrogen-bond donors (Lipinski definition) is 0. The zero-order valence-electron chi connectivity index (χ0n) is 14.6. The largest absolute Gasteiger partial charge is 0.494 e. The van der Waals surface area contributed by atoms with Gasteiger partial charge in [-0.2, -0.15) is 4.98 Å². The summed E-state index contributed by atoms with van der Waals surface area (Å²) in [6, 6.07) is 7.26. The van der Waals surface area contributed by atoms with Crippen LogP contribution in [0.5, 0.6) is 5.75 Å². The van der Waals surface area contributed by atoms with E-state index in [1.807, 2.05) is 24.0 Å². The van der Waals surface area contributed by atoms with Crippen LogP contribution in [-0.4, -0.2) is 46.7 Å². The smallest absolute Gasteiger partial charge is 0.253 e. The predicted molar refractivity (Wildman–Crippen MR) is 90.4 cm³/mol. The zero-order chi connectivity index (χ0) is 17.6. The predicted octanol–water partition coefficient (Wildman–Crippen LogP) is 2.60. The molecule has 1 aliphatic heterocycles. The van der Waals surface area contributed by atoms with Gasteiger partial charge in [0.05, 0.1) is 12.7 Å². The fraction of sp³-hybridized carbons (Fsp3) is 0.500. The first kappa shape index (κ1) is 17.4. The molecule has 0 bridgehead atoms. The van der Waals surface area contributed by atoms with Gasteiger partial charge in [0.25, 0.3) is 11.8 Å². The molecule has 3 rings (SSSR count). The SMILES string of the molecule is CCOc1ccc(C(=O)N2CCC[C@@H](OCc3nc(C)no3)C2)cc1. The van der Waals surface area contributed by atoms with Gasteiger partial charge in [-0.15, -0.1) is 0 Å². The Hall–Kier alpha value is -2.41. The molecular formula is C18H23N3O4. The summed E-state index contributed by atoms with van der Waals surface area (Å²) < 4.78 is 16.3. The average molecular weight is 345 g/mol. The van der Waals surface area contributed by atoms with Crippen molar-refractivity contribution in [3.8, 4) is 5.75 Å². The van der Waals surface area contributed by atoms with E-state index in [0.717, 1.165) is 25.1 Å². The van der Waals surface area contributed by atoms with E-state index in [-0.39, 0.29) is 18.6 Å². The number of carbonyl (C=O) groups is 1. The van der Waals surface area contributed by atoms with Gasteiger partial charge in [-0.05, 0) is 51.0 Å². The molecule has 1 fully saturated rings. The molecule has 134 valence electrons. The van der Waals surface area contributed by atoms with Crippen LogP contribution in [0.25, 0.3) is 0 Å². The van der Waals surface area contributed by atoms with E-state index in [9.17, 15) is 4.79 Å². The van der Waals surface area contributed by atoms with Crippen molar-refractivity contribution in [3.05, 3.63) is 41.5 Å². The maximum Gasteiger partial charge on any atom is 0.253 e. The van der Waals surface area contributed by atoms with Gasteiger partial charge in [-0.3, -0.25) is 4.79 Å². The number of nitrogens with zero attached hydrogens (tertiary/aromatic N) is 3. The zero-order valence-corrected chi connectivity index (χ0v) is 14.6. The number of piperidine rings is 1. The van der Waals surface area contributed by atoms with E-state index in [1.165, 1.54) is 0 Å². The molecule has 0 N–H and O–H groups in total. The van der Waals surface area contributed by atoms with Crippen molar-refractivity contribution in [1.82, 2.24) is 15.0 Å². The molecule has 0 aliphatic carbocycles. The van der Waals surface area contributed by atoms with E-state index < -0.39 is 0 Å². The van der Waals surface area contributed by atoms with Crippen molar-refractivity contribution in [2.75, 3.05) is 19.7 Å². The molecule has 2 aromatic rings. The fourth-order valence-corrected chi connectivity index (χ4v) is 2.89. The maximum atomic E-state index is 12.7. The second kappa shape index (κ2) is 8.11. The Kier molecular flexibility index (Phi) is 5.65. The van der Waals surface area contributed by atoms with Crippen LogP contribution in [-0.2, 0) is 11.3 Å². The summed E-state index contributed by atoms with van der Waals surface area (Å²) >= 11 is 0. The van der Waals surface area contributed by atoms with Crippen molar-refractivity contribution < 1.29 is 18.8 Å². The summed E-state index contributed by atoms with van der Waals surface area (Å²) in [6.07, 6.45) is 1.81. The highest BCUT2D eigenvalue weighted by Crippen LogP contribution is 2.19. The minimum absolute atomic E-state index is 0.0185. The molecule has 0 radical (unpaired) electrons. The molecule has 1 saturated heterocycles. The summed E-state index contributed by atoms with van der Waals surface area (Å²) in [4.78, 5) is 18.6. The molecule has 0 unspecified atom stereocenters. The Bertz CT molecular complexity index is 699. The third-order valence-corrected chi connectivity index (χ3v) is 4.09. The maximum absolute atomic E-state index is 12.7. The number of aromatic nitrogens is 2. The monoisotopic (exact) mass is 345 g/mol. The van der Waals surface area contributed by atoms with Gasteiger partial charge >= 0.3 is 0 Å². The van der Waals surface area contributed by atoms with Crippen LogP contribution in [0.3, 0.4) is 0 Å². The standard InChI is InChI=1S/C18H23N3O4/c1-3-23-15-8-6-14(7-9-15)18(22)21-10-4-5-16(11-21)24-12-17-19-13(2)20-25-17/h6-9,16H,3-5,10-12H2,1-2H3/t16-/m1/s1. The molecule has 0 spiro atoms. The first-order chi connectivity index (χ1) is 12.2. The van der Waals surface area contributed by atoms with Crippen molar-refractivity contribution in [2.24, 2.45) is 0 Å². The van der Waals surface area contributed by atoms with Gasteiger partial charge in [-0.25, -0.2) is 0 Å². The Labute approximate surface area is 146 Å². The van der Waals surface area contributed by atoms with E-state index in [4.69, 9.17) is 14.0 Å². The molecule has 7 nitrogen and oxygen atoms in total. The second-order valence-electron chi connectivity index (χ2n) is 6.02. The molecule has 2 heterocycles. The van der Waals surface area contributed by atoms with Crippen molar-refractivity contribution in [1.29, 1.82) is 0 Å². The summed E-state index contributed by atoms with van der Waals surface area (Å²) in [6.45, 7) is 5.90. The van der Waals surface area contributed by atoms with Crippen LogP contribution < -0.4 is 4.74 Å². The second-order valence-corrected chi connectivity index (χ2v) is 6.02. The molecule has 1 aromatic heterocycles. The summed E-state index contributed by atoms with van der Waals surface area (Å²) in [7, 11) is 0. The quantitative estimate of drug-likeness (QED) is 0.801. The van der Waals surface area contributed by atoms with Crippen molar-refractivity contribution in [2.45, 2.75) is 39.4 Å². The minimum atomic E-state index is -0.0207. The molecule has 1 amide bonds. The molecule has 0 saturated carbocycles. The average Bonchev–Trinajstić information content (AvgIpc) is 3.06. The number of aryl methyl sites for hydroxylation is 1. The van der Waals surface area contributed by atoms with Crippen LogP contribution in [0, 0.1) is 6.92 Å². The van der Waals surface area contributed by atoms with E-state index in [1.54, 1.807) is 19.1 Å². The summed E-state index contributed by atoms with van der Waals surface area (Å²) in [5.41, 5.74) is 0.664. The Morgan fingerprint density at radius 3 is 2.84 bits per heavy atom. The summed E-state index contributed by atoms with van der Waals surface area (Å²) in [5.74, 6) is 1.85. The Morgan fingerprint density at radius 1 is 1.36 bits per heavy atom. The Balaban J connectivity index is 1.55. The van der Waals surface area contributed by atoms with Gasteiger partial charge in [0.15, 0.2) is 5.82 Å². The van der Waals surface area contributed by atoms with Gasteiger partial charge in [0.2, 0.25) is 0 Å². The molecule has 1 atom stereocenters. The lowest BCUT2D eigenvalue weighted by Crippen LogP contribution is -2.43. The van der Waals surface area contributed by atoms with Crippen LogP contribution >= 0.6 is 0 Å². The number of ether oxygens (including phenoxy) is 2. The molecule has 1 aromatic carbocycles. The van der Waals surface area contributed by atoms with Crippen LogP contribution in [0.1, 0.15) is 41.8 Å². The minimum Gasteiger partial charge on any atom is -0.494 e. The highest BCUT2D eigenvalue weighted by Gasteiger charge is 2.25. The van der Waals surface area contributed by atoms with Gasteiger partial charge in [0.1, 0.15) is 12.4 Å². The van der Waals surface area contributed by atoms with Crippen molar-refractivity contribution in [3.63, 3.8) is 0 Å². The Morgan fingerprint density at radius 2 is 2.16 bits per heavy atom. The molecule has 1 aliphatic rings. The number of likely N-dealkylation sites (tertiary alicyclic amines) is 1. The number of benzene rings is 1. The normalized spacial score (nSPS) is 17.5. The number of amides is 1. The highest BCUT2D eigenvalue weighted by atomic mass is 16.5. The first-order valence-electron chi connectivity index (χ1n) is 8.58. The number of rotatable bonds is 6. The molecule has 25 heavy (non-hydrogen) atoms. The lowest BCUT2D eigenvalue weighted by molar-refractivity contribution is -0.0153. The molecular weight excluding hydrogens is 322 g/mol.